The van der Waals surface area contributed by atoms with Crippen LogP contribution < -0.4 is 16.0 Å². The van der Waals surface area contributed by atoms with Crippen LogP contribution in [0, 0.1) is 0 Å². The van der Waals surface area contributed by atoms with Crippen LogP contribution >= 0.6 is 0 Å². The number of piperazine rings is 1. The van der Waals surface area contributed by atoms with Crippen molar-refractivity contribution in [2.75, 3.05) is 24.5 Å². The predicted molar refractivity (Wildman–Crippen MR) is 85.6 cm³/mol. The van der Waals surface area contributed by atoms with Crippen LogP contribution in [0.25, 0.3) is 0 Å². The molecular weight excluding hydrogens is 278 g/mol. The molecule has 0 bridgehead atoms. The van der Waals surface area contributed by atoms with Gasteiger partial charge in [0.2, 0.25) is 0 Å². The summed E-state index contributed by atoms with van der Waals surface area (Å²) in [5.41, 5.74) is 8.13. The van der Waals surface area contributed by atoms with Gasteiger partial charge in [0, 0.05) is 30.7 Å². The minimum Gasteiger partial charge on any atom is -0.346 e. The normalized spacial score (nSPS) is 21.6. The van der Waals surface area contributed by atoms with Crippen LogP contribution in [0.1, 0.15) is 37.7 Å². The van der Waals surface area contributed by atoms with E-state index in [0.717, 1.165) is 18.5 Å². The monoisotopic (exact) mass is 301 g/mol. The third-order valence-corrected chi connectivity index (χ3v) is 5.03. The van der Waals surface area contributed by atoms with Gasteiger partial charge in [-0.3, -0.25) is 9.59 Å². The van der Waals surface area contributed by atoms with Crippen molar-refractivity contribution in [1.82, 2.24) is 5.32 Å². The molecule has 0 spiro atoms. The van der Waals surface area contributed by atoms with Crippen LogP contribution in [0.2, 0.25) is 0 Å². The molecule has 22 heavy (non-hydrogen) atoms. The maximum absolute atomic E-state index is 12.1. The van der Waals surface area contributed by atoms with E-state index in [1.165, 1.54) is 24.8 Å². The maximum atomic E-state index is 12.1. The van der Waals surface area contributed by atoms with Gasteiger partial charge in [0.05, 0.1) is 0 Å². The molecule has 0 unspecified atom stereocenters. The van der Waals surface area contributed by atoms with E-state index in [4.69, 9.17) is 5.73 Å². The van der Waals surface area contributed by atoms with Gasteiger partial charge < -0.3 is 16.0 Å². The van der Waals surface area contributed by atoms with Gasteiger partial charge in [-0.25, -0.2) is 0 Å². The third kappa shape index (κ3) is 2.61. The number of nitrogens with zero attached hydrogens (tertiary/aromatic N) is 1. The molecular formula is C17H23N3O2. The largest absolute Gasteiger partial charge is 0.346 e. The Hall–Kier alpha value is -1.88. The lowest BCUT2D eigenvalue weighted by Gasteiger charge is -2.37. The van der Waals surface area contributed by atoms with E-state index in [2.05, 4.69) is 17.4 Å². The topological polar surface area (TPSA) is 75.4 Å². The Kier molecular flexibility index (Phi) is 4.16. The Labute approximate surface area is 130 Å². The number of carbonyl (C=O) groups excluding carboxylic acids is 2. The summed E-state index contributed by atoms with van der Waals surface area (Å²) in [5, 5.41) is 2.58. The number of hydrogen-bond acceptors (Lipinski definition) is 3. The van der Waals surface area contributed by atoms with Gasteiger partial charge >= 0.3 is 11.8 Å². The summed E-state index contributed by atoms with van der Waals surface area (Å²) >= 11 is 0. The van der Waals surface area contributed by atoms with E-state index in [1.807, 2.05) is 12.1 Å². The lowest BCUT2D eigenvalue weighted by Crippen LogP contribution is -2.52. The fourth-order valence-electron chi connectivity index (χ4n) is 3.67. The van der Waals surface area contributed by atoms with Crippen LogP contribution in [0.5, 0.6) is 0 Å². The highest BCUT2D eigenvalue weighted by molar-refractivity contribution is 6.41. The molecule has 1 aromatic rings. The van der Waals surface area contributed by atoms with Crippen molar-refractivity contribution in [2.24, 2.45) is 5.73 Å². The molecule has 2 aliphatic rings. The summed E-state index contributed by atoms with van der Waals surface area (Å²) in [6, 6.07) is 8.02. The van der Waals surface area contributed by atoms with E-state index in [0.29, 0.717) is 19.6 Å². The Morgan fingerprint density at radius 1 is 1.18 bits per heavy atom. The fourth-order valence-corrected chi connectivity index (χ4v) is 3.67. The number of nitrogens with one attached hydrogen (secondary N) is 1. The molecule has 1 saturated carbocycles. The summed E-state index contributed by atoms with van der Waals surface area (Å²) in [4.78, 5) is 25.2. The molecule has 1 aliphatic heterocycles. The van der Waals surface area contributed by atoms with Crippen molar-refractivity contribution < 1.29 is 9.59 Å². The van der Waals surface area contributed by atoms with Crippen LogP contribution in [0.4, 0.5) is 5.69 Å². The van der Waals surface area contributed by atoms with Gasteiger partial charge in [-0.2, -0.15) is 0 Å². The zero-order valence-electron chi connectivity index (χ0n) is 12.8. The number of benzene rings is 1. The molecule has 2 amide bonds. The number of anilines is 1. The van der Waals surface area contributed by atoms with Crippen molar-refractivity contribution in [3.8, 4) is 0 Å². The quantitative estimate of drug-likeness (QED) is 0.827. The van der Waals surface area contributed by atoms with Gasteiger partial charge in [0.1, 0.15) is 0 Å². The molecule has 0 aromatic heterocycles. The highest BCUT2D eigenvalue weighted by Gasteiger charge is 2.34. The molecule has 0 radical (unpaired) electrons. The second-order valence-corrected chi connectivity index (χ2v) is 6.31. The van der Waals surface area contributed by atoms with Crippen molar-refractivity contribution in [2.45, 2.75) is 37.5 Å². The Balaban J connectivity index is 1.92. The molecule has 2 fully saturated rings. The summed E-state index contributed by atoms with van der Waals surface area (Å²) in [5.74, 6) is -1.00. The molecule has 3 rings (SSSR count). The number of amides is 2. The Bertz CT molecular complexity index is 579. The molecule has 118 valence electrons. The zero-order valence-corrected chi connectivity index (χ0v) is 12.8. The number of hydrogen-bond donors (Lipinski definition) is 2. The average Bonchev–Trinajstić information content (AvgIpc) is 2.58. The molecule has 3 N–H and O–H groups in total. The third-order valence-electron chi connectivity index (χ3n) is 5.03. The zero-order chi connectivity index (χ0) is 15.6. The average molecular weight is 301 g/mol. The van der Waals surface area contributed by atoms with E-state index in [1.54, 1.807) is 4.90 Å². The number of carbonyl (C=O) groups is 2. The van der Waals surface area contributed by atoms with Gasteiger partial charge in [-0.1, -0.05) is 31.4 Å². The van der Waals surface area contributed by atoms with Gasteiger partial charge in [-0.05, 0) is 30.5 Å². The summed E-state index contributed by atoms with van der Waals surface area (Å²) in [6.45, 7) is 1.64. The predicted octanol–water partition coefficient (Wildman–Crippen LogP) is 1.31. The number of nitrogens with two attached hydrogens (primary N) is 1. The van der Waals surface area contributed by atoms with Gasteiger partial charge in [-0.15, -0.1) is 0 Å². The molecule has 5 heteroatoms. The first-order chi connectivity index (χ1) is 10.7. The molecule has 5 nitrogen and oxygen atoms in total. The highest BCUT2D eigenvalue weighted by atomic mass is 16.2. The first-order valence-electron chi connectivity index (χ1n) is 8.07. The second kappa shape index (κ2) is 6.08. The van der Waals surface area contributed by atoms with E-state index >= 15 is 0 Å². The van der Waals surface area contributed by atoms with Crippen molar-refractivity contribution in [3.05, 3.63) is 29.8 Å². The smallest absolute Gasteiger partial charge is 0.316 e. The second-order valence-electron chi connectivity index (χ2n) is 6.31. The van der Waals surface area contributed by atoms with Crippen LogP contribution in [0.3, 0.4) is 0 Å². The van der Waals surface area contributed by atoms with Gasteiger partial charge in [0.25, 0.3) is 0 Å². The minimum atomic E-state index is -0.525. The molecule has 1 saturated heterocycles. The highest BCUT2D eigenvalue weighted by Crippen LogP contribution is 2.39. The maximum Gasteiger partial charge on any atom is 0.316 e. The standard InChI is InChI=1S/C17H23N3O2/c18-12-17(7-2-1-3-8-17)13-5-4-6-14(11-13)20-10-9-19-15(21)16(20)22/h4-6,11H,1-3,7-10,12,18H2,(H,19,21). The lowest BCUT2D eigenvalue weighted by molar-refractivity contribution is -0.138. The van der Waals surface area contributed by atoms with E-state index in [-0.39, 0.29) is 5.41 Å². The van der Waals surface area contributed by atoms with Crippen LogP contribution in [-0.2, 0) is 15.0 Å². The SMILES string of the molecule is NCC1(c2cccc(N3CCNC(=O)C3=O)c2)CCCCC1. The van der Waals surface area contributed by atoms with Crippen molar-refractivity contribution >= 4 is 17.5 Å². The van der Waals surface area contributed by atoms with Crippen LogP contribution in [-0.4, -0.2) is 31.4 Å². The van der Waals surface area contributed by atoms with Crippen molar-refractivity contribution in [1.29, 1.82) is 0 Å². The lowest BCUT2D eigenvalue weighted by atomic mass is 9.69. The molecule has 1 aromatic carbocycles. The Morgan fingerprint density at radius 3 is 2.68 bits per heavy atom. The minimum absolute atomic E-state index is 0.0232. The Morgan fingerprint density at radius 2 is 1.95 bits per heavy atom. The first-order valence-corrected chi connectivity index (χ1v) is 8.07. The number of rotatable bonds is 3. The van der Waals surface area contributed by atoms with E-state index in [9.17, 15) is 9.59 Å². The molecule has 1 heterocycles. The summed E-state index contributed by atoms with van der Waals surface area (Å²) in [6.07, 6.45) is 5.87. The van der Waals surface area contributed by atoms with Crippen molar-refractivity contribution in [3.63, 3.8) is 0 Å². The summed E-state index contributed by atoms with van der Waals surface area (Å²) < 4.78 is 0. The van der Waals surface area contributed by atoms with Gasteiger partial charge in [0.15, 0.2) is 0 Å². The summed E-state index contributed by atoms with van der Waals surface area (Å²) in [7, 11) is 0. The van der Waals surface area contributed by atoms with E-state index < -0.39 is 11.8 Å². The first kappa shape index (κ1) is 15.0. The molecule has 0 atom stereocenters. The van der Waals surface area contributed by atoms with Crippen LogP contribution in [0.15, 0.2) is 24.3 Å². The molecule has 1 aliphatic carbocycles. The fraction of sp³-hybridized carbons (Fsp3) is 0.529.